The summed E-state index contributed by atoms with van der Waals surface area (Å²) in [6.45, 7) is 0. The maximum Gasteiger partial charge on any atom is 0.305 e. The fourth-order valence-electron chi connectivity index (χ4n) is 0.873. The average molecular weight is 154 g/mol. The number of carboxylic acid groups (broad SMARTS) is 1. The lowest BCUT2D eigenvalue weighted by Crippen LogP contribution is -2.15. The zero-order valence-electron chi connectivity index (χ0n) is 5.95. The van der Waals surface area contributed by atoms with Crippen molar-refractivity contribution < 1.29 is 9.90 Å². The van der Waals surface area contributed by atoms with E-state index in [1.54, 1.807) is 18.3 Å². The summed E-state index contributed by atoms with van der Waals surface area (Å²) < 4.78 is 0. The normalized spacial score (nSPS) is 12.8. The minimum Gasteiger partial charge on any atom is -0.481 e. The number of nitrogens with two attached hydrogens (primary N) is 1. The number of hydrogen-bond donors (Lipinski definition) is 3. The predicted molar refractivity (Wildman–Crippen MR) is 40.0 cm³/mol. The maximum absolute atomic E-state index is 10.2. The van der Waals surface area contributed by atoms with Gasteiger partial charge in [-0.05, 0) is 12.1 Å². The summed E-state index contributed by atoms with van der Waals surface area (Å²) in [6, 6.07) is 3.13. The number of carboxylic acids is 1. The van der Waals surface area contributed by atoms with Crippen molar-refractivity contribution in [1.29, 1.82) is 0 Å². The highest BCUT2D eigenvalue weighted by atomic mass is 16.4. The smallest absolute Gasteiger partial charge is 0.305 e. The van der Waals surface area contributed by atoms with Crippen molar-refractivity contribution in [1.82, 2.24) is 4.98 Å². The Hall–Kier alpha value is -1.29. The van der Waals surface area contributed by atoms with Gasteiger partial charge in [-0.25, -0.2) is 0 Å². The number of aromatic amines is 1. The second-order valence-electron chi connectivity index (χ2n) is 2.33. The summed E-state index contributed by atoms with van der Waals surface area (Å²) in [5, 5.41) is 8.39. The summed E-state index contributed by atoms with van der Waals surface area (Å²) in [7, 11) is 0. The molecule has 0 saturated carbocycles. The molecule has 1 aromatic heterocycles. The van der Waals surface area contributed by atoms with Crippen LogP contribution in [0.4, 0.5) is 0 Å². The molecule has 0 aliphatic rings. The van der Waals surface area contributed by atoms with E-state index in [2.05, 4.69) is 4.98 Å². The minimum atomic E-state index is -0.882. The Morgan fingerprint density at radius 2 is 2.55 bits per heavy atom. The third-order valence-electron chi connectivity index (χ3n) is 1.42. The molecule has 0 aliphatic heterocycles. The summed E-state index contributed by atoms with van der Waals surface area (Å²) in [5.41, 5.74) is 6.29. The molecule has 0 unspecified atom stereocenters. The molecule has 11 heavy (non-hydrogen) atoms. The van der Waals surface area contributed by atoms with E-state index in [1.165, 1.54) is 0 Å². The highest BCUT2D eigenvalue weighted by molar-refractivity contribution is 5.67. The van der Waals surface area contributed by atoms with Gasteiger partial charge in [0.1, 0.15) is 0 Å². The van der Waals surface area contributed by atoms with E-state index in [-0.39, 0.29) is 6.42 Å². The highest BCUT2D eigenvalue weighted by Crippen LogP contribution is 2.10. The zero-order valence-corrected chi connectivity index (χ0v) is 5.95. The van der Waals surface area contributed by atoms with Gasteiger partial charge in [-0.2, -0.15) is 0 Å². The van der Waals surface area contributed by atoms with E-state index in [0.29, 0.717) is 0 Å². The number of hydrogen-bond acceptors (Lipinski definition) is 2. The lowest BCUT2D eigenvalue weighted by Gasteiger charge is -2.04. The van der Waals surface area contributed by atoms with Gasteiger partial charge in [0.05, 0.1) is 12.5 Å². The number of carbonyl (C=O) groups is 1. The van der Waals surface area contributed by atoms with E-state index in [0.717, 1.165) is 5.69 Å². The van der Waals surface area contributed by atoms with Crippen LogP contribution in [-0.2, 0) is 4.79 Å². The summed E-state index contributed by atoms with van der Waals surface area (Å²) in [6.07, 6.45) is 1.68. The molecule has 1 heterocycles. The fraction of sp³-hybridized carbons (Fsp3) is 0.286. The molecule has 0 saturated heterocycles. The van der Waals surface area contributed by atoms with Crippen LogP contribution in [0.2, 0.25) is 0 Å². The van der Waals surface area contributed by atoms with Gasteiger partial charge >= 0.3 is 5.97 Å². The number of rotatable bonds is 3. The van der Waals surface area contributed by atoms with Crippen LogP contribution in [0.3, 0.4) is 0 Å². The monoisotopic (exact) mass is 154 g/mol. The van der Waals surface area contributed by atoms with Crippen LogP contribution in [0.25, 0.3) is 0 Å². The van der Waals surface area contributed by atoms with Gasteiger partial charge in [-0.15, -0.1) is 0 Å². The first-order valence-electron chi connectivity index (χ1n) is 3.31. The van der Waals surface area contributed by atoms with Crippen molar-refractivity contribution in [2.75, 3.05) is 0 Å². The molecule has 0 aromatic carbocycles. The quantitative estimate of drug-likeness (QED) is 0.592. The van der Waals surface area contributed by atoms with Crippen molar-refractivity contribution in [3.63, 3.8) is 0 Å². The lowest BCUT2D eigenvalue weighted by atomic mass is 10.1. The van der Waals surface area contributed by atoms with Crippen LogP contribution >= 0.6 is 0 Å². The molecule has 4 heteroatoms. The molecule has 60 valence electrons. The first kappa shape index (κ1) is 7.81. The van der Waals surface area contributed by atoms with E-state index >= 15 is 0 Å². The number of aromatic nitrogens is 1. The highest BCUT2D eigenvalue weighted by Gasteiger charge is 2.09. The minimum absolute atomic E-state index is 0.0412. The second-order valence-corrected chi connectivity index (χ2v) is 2.33. The van der Waals surface area contributed by atoms with Crippen LogP contribution in [-0.4, -0.2) is 16.1 Å². The Bertz CT molecular complexity index is 231. The summed E-state index contributed by atoms with van der Waals surface area (Å²) in [5.74, 6) is -0.882. The van der Waals surface area contributed by atoms with Crippen LogP contribution in [0, 0.1) is 0 Å². The Labute approximate surface area is 64.0 Å². The average Bonchev–Trinajstić information content (AvgIpc) is 2.35. The van der Waals surface area contributed by atoms with Crippen molar-refractivity contribution in [3.05, 3.63) is 24.0 Å². The Balaban J connectivity index is 2.56. The third-order valence-corrected chi connectivity index (χ3v) is 1.42. The zero-order chi connectivity index (χ0) is 8.27. The molecule has 4 N–H and O–H groups in total. The third kappa shape index (κ3) is 2.09. The summed E-state index contributed by atoms with van der Waals surface area (Å²) >= 11 is 0. The van der Waals surface area contributed by atoms with Gasteiger partial charge in [0.15, 0.2) is 0 Å². The first-order chi connectivity index (χ1) is 5.20. The standard InChI is InChI=1S/C7H10N2O2/c8-5(4-7(10)11)6-2-1-3-9-6/h1-3,5,9H,4,8H2,(H,10,11)/t5-/m0/s1. The second kappa shape index (κ2) is 3.21. The van der Waals surface area contributed by atoms with E-state index in [1.807, 2.05) is 0 Å². The van der Waals surface area contributed by atoms with Crippen molar-refractivity contribution in [2.24, 2.45) is 5.73 Å². The number of aliphatic carboxylic acids is 1. The van der Waals surface area contributed by atoms with Gasteiger partial charge in [0.25, 0.3) is 0 Å². The van der Waals surface area contributed by atoms with Crippen LogP contribution in [0.5, 0.6) is 0 Å². The van der Waals surface area contributed by atoms with Crippen molar-refractivity contribution in [3.8, 4) is 0 Å². The molecular formula is C7H10N2O2. The van der Waals surface area contributed by atoms with Crippen LogP contribution < -0.4 is 5.73 Å². The van der Waals surface area contributed by atoms with Crippen LogP contribution in [0.1, 0.15) is 18.2 Å². The van der Waals surface area contributed by atoms with Gasteiger partial charge in [0.2, 0.25) is 0 Å². The van der Waals surface area contributed by atoms with Crippen molar-refractivity contribution in [2.45, 2.75) is 12.5 Å². The Morgan fingerprint density at radius 1 is 1.82 bits per heavy atom. The topological polar surface area (TPSA) is 79.1 Å². The molecule has 0 aliphatic carbocycles. The van der Waals surface area contributed by atoms with Gasteiger partial charge in [-0.3, -0.25) is 4.79 Å². The molecule has 4 nitrogen and oxygen atoms in total. The molecule has 0 spiro atoms. The lowest BCUT2D eigenvalue weighted by molar-refractivity contribution is -0.137. The van der Waals surface area contributed by atoms with Crippen LogP contribution in [0.15, 0.2) is 18.3 Å². The molecule has 0 radical (unpaired) electrons. The molecule has 0 fully saturated rings. The maximum atomic E-state index is 10.2. The molecule has 1 aromatic rings. The van der Waals surface area contributed by atoms with Gasteiger partial charge in [-0.1, -0.05) is 0 Å². The first-order valence-corrected chi connectivity index (χ1v) is 3.31. The Kier molecular flexibility index (Phi) is 2.28. The SMILES string of the molecule is N[C@@H](CC(=O)O)c1ccc[nH]1. The fourth-order valence-corrected chi connectivity index (χ4v) is 0.873. The van der Waals surface area contributed by atoms with Crippen molar-refractivity contribution >= 4 is 5.97 Å². The Morgan fingerprint density at radius 3 is 3.00 bits per heavy atom. The summed E-state index contributed by atoms with van der Waals surface area (Å²) in [4.78, 5) is 13.1. The van der Waals surface area contributed by atoms with E-state index in [4.69, 9.17) is 10.8 Å². The van der Waals surface area contributed by atoms with E-state index < -0.39 is 12.0 Å². The van der Waals surface area contributed by atoms with Gasteiger partial charge < -0.3 is 15.8 Å². The van der Waals surface area contributed by atoms with E-state index in [9.17, 15) is 4.79 Å². The predicted octanol–water partition coefficient (Wildman–Crippen LogP) is 0.489. The molecule has 0 amide bonds. The molecule has 0 bridgehead atoms. The molecular weight excluding hydrogens is 144 g/mol. The number of H-pyrrole nitrogens is 1. The van der Waals surface area contributed by atoms with Gasteiger partial charge in [0, 0.05) is 11.9 Å². The molecule has 1 atom stereocenters. The largest absolute Gasteiger partial charge is 0.481 e. The number of nitrogens with one attached hydrogen (secondary N) is 1. The molecule has 1 rings (SSSR count).